The van der Waals surface area contributed by atoms with Gasteiger partial charge in [0.1, 0.15) is 0 Å². The number of aromatic amines is 1. The van der Waals surface area contributed by atoms with Gasteiger partial charge in [-0.05, 0) is 27.7 Å². The highest BCUT2D eigenvalue weighted by molar-refractivity contribution is 7.99. The van der Waals surface area contributed by atoms with Crippen molar-refractivity contribution in [3.63, 3.8) is 0 Å². The van der Waals surface area contributed by atoms with E-state index in [4.69, 9.17) is 0 Å². The van der Waals surface area contributed by atoms with Gasteiger partial charge in [-0.25, -0.2) is 4.98 Å². The fraction of sp³-hybridized carbons (Fsp3) is 0.529. The molecule has 1 aromatic rings. The molecule has 8 heteroatoms. The van der Waals surface area contributed by atoms with Crippen LogP contribution in [0.1, 0.15) is 33.4 Å². The molecule has 1 aromatic heterocycles. The predicted molar refractivity (Wildman–Crippen MR) is 99.6 cm³/mol. The number of amides is 2. The number of carbonyl (C=O) groups excluding carboxylic acids is 2. The lowest BCUT2D eigenvalue weighted by atomic mass is 10.2. The van der Waals surface area contributed by atoms with Crippen molar-refractivity contribution in [2.75, 3.05) is 12.3 Å². The average molecular weight is 366 g/mol. The van der Waals surface area contributed by atoms with Gasteiger partial charge in [0.15, 0.2) is 5.16 Å². The molecule has 0 aliphatic rings. The van der Waals surface area contributed by atoms with E-state index in [1.165, 1.54) is 6.07 Å². The molecule has 7 nitrogen and oxygen atoms in total. The molecular formula is C17H26N4O3S. The summed E-state index contributed by atoms with van der Waals surface area (Å²) >= 11 is 1.16. The Morgan fingerprint density at radius 2 is 2.00 bits per heavy atom. The minimum absolute atomic E-state index is 0.00335. The van der Waals surface area contributed by atoms with Gasteiger partial charge in [-0.2, -0.15) is 0 Å². The van der Waals surface area contributed by atoms with Crippen LogP contribution in [0.3, 0.4) is 0 Å². The highest BCUT2D eigenvalue weighted by Gasteiger charge is 2.20. The van der Waals surface area contributed by atoms with Crippen LogP contribution in [-0.4, -0.2) is 51.1 Å². The lowest BCUT2D eigenvalue weighted by Gasteiger charge is -2.30. The van der Waals surface area contributed by atoms with E-state index in [0.717, 1.165) is 11.8 Å². The Morgan fingerprint density at radius 3 is 2.56 bits per heavy atom. The van der Waals surface area contributed by atoms with Crippen LogP contribution in [-0.2, 0) is 16.0 Å². The first kappa shape index (κ1) is 21.0. The molecule has 0 bridgehead atoms. The summed E-state index contributed by atoms with van der Waals surface area (Å²) in [7, 11) is 0. The molecular weight excluding hydrogens is 340 g/mol. The molecule has 25 heavy (non-hydrogen) atoms. The Bertz CT molecular complexity index is 662. The lowest BCUT2D eigenvalue weighted by molar-refractivity contribution is -0.131. The third kappa shape index (κ3) is 7.13. The van der Waals surface area contributed by atoms with Gasteiger partial charge in [-0.3, -0.25) is 14.4 Å². The van der Waals surface area contributed by atoms with Gasteiger partial charge in [0.05, 0.1) is 17.9 Å². The second-order valence-electron chi connectivity index (χ2n) is 6.09. The zero-order valence-electron chi connectivity index (χ0n) is 15.2. The molecule has 0 aliphatic heterocycles. The number of H-pyrrole nitrogens is 1. The maximum absolute atomic E-state index is 12.4. The number of thioether (sulfide) groups is 1. The van der Waals surface area contributed by atoms with Gasteiger partial charge in [-0.15, -0.1) is 6.58 Å². The number of nitrogens with zero attached hydrogens (tertiary/aromatic N) is 2. The molecule has 0 saturated heterocycles. The van der Waals surface area contributed by atoms with Crippen molar-refractivity contribution >= 4 is 23.6 Å². The topological polar surface area (TPSA) is 95.2 Å². The molecule has 2 N–H and O–H groups in total. The molecule has 0 atom stereocenters. The van der Waals surface area contributed by atoms with Gasteiger partial charge in [-0.1, -0.05) is 17.8 Å². The molecule has 0 fully saturated rings. The summed E-state index contributed by atoms with van der Waals surface area (Å²) in [6.07, 6.45) is 1.58. The minimum atomic E-state index is -0.346. The second-order valence-corrected chi connectivity index (χ2v) is 7.05. The molecule has 0 radical (unpaired) electrons. The van der Waals surface area contributed by atoms with E-state index in [1.54, 1.807) is 11.0 Å². The Balaban J connectivity index is 2.76. The Kier molecular flexibility index (Phi) is 8.40. The van der Waals surface area contributed by atoms with Crippen molar-refractivity contribution < 1.29 is 9.59 Å². The lowest BCUT2D eigenvalue weighted by Crippen LogP contribution is -2.43. The molecule has 1 heterocycles. The molecule has 138 valence electrons. The van der Waals surface area contributed by atoms with Gasteiger partial charge in [0.2, 0.25) is 11.8 Å². The molecule has 0 spiro atoms. The van der Waals surface area contributed by atoms with E-state index in [-0.39, 0.29) is 41.6 Å². The fourth-order valence-electron chi connectivity index (χ4n) is 2.43. The van der Waals surface area contributed by atoms with E-state index < -0.39 is 0 Å². The Morgan fingerprint density at radius 1 is 1.36 bits per heavy atom. The van der Waals surface area contributed by atoms with Crippen LogP contribution < -0.4 is 10.9 Å². The van der Waals surface area contributed by atoms with Crippen molar-refractivity contribution in [1.29, 1.82) is 0 Å². The normalized spacial score (nSPS) is 10.8. The predicted octanol–water partition coefficient (Wildman–Crippen LogP) is 1.35. The number of carbonyl (C=O) groups is 2. The zero-order chi connectivity index (χ0) is 19.0. The quantitative estimate of drug-likeness (QED) is 0.391. The van der Waals surface area contributed by atoms with Crippen LogP contribution in [0.4, 0.5) is 0 Å². The number of rotatable bonds is 9. The van der Waals surface area contributed by atoms with E-state index in [0.29, 0.717) is 17.4 Å². The first-order chi connectivity index (χ1) is 11.7. The van der Waals surface area contributed by atoms with Gasteiger partial charge in [0.25, 0.3) is 5.56 Å². The van der Waals surface area contributed by atoms with Crippen LogP contribution in [0.5, 0.6) is 0 Å². The first-order valence-corrected chi connectivity index (χ1v) is 9.15. The van der Waals surface area contributed by atoms with E-state index in [1.807, 2.05) is 27.7 Å². The third-order valence-corrected chi connectivity index (χ3v) is 4.15. The average Bonchev–Trinajstić information content (AvgIpc) is 2.49. The minimum Gasteiger partial charge on any atom is -0.352 e. The van der Waals surface area contributed by atoms with Crippen LogP contribution in [0.15, 0.2) is 28.7 Å². The highest BCUT2D eigenvalue weighted by atomic mass is 32.2. The summed E-state index contributed by atoms with van der Waals surface area (Å²) in [5, 5.41) is 2.97. The molecule has 0 saturated carbocycles. The summed E-state index contributed by atoms with van der Waals surface area (Å²) in [5.41, 5.74) is 0.0193. The molecule has 0 aromatic carbocycles. The smallest absolute Gasteiger partial charge is 0.251 e. The Hall–Kier alpha value is -2.09. The van der Waals surface area contributed by atoms with Crippen molar-refractivity contribution in [2.45, 2.75) is 51.4 Å². The van der Waals surface area contributed by atoms with Crippen molar-refractivity contribution in [3.05, 3.63) is 34.8 Å². The maximum Gasteiger partial charge on any atom is 0.251 e. The zero-order valence-corrected chi connectivity index (χ0v) is 16.0. The molecule has 1 rings (SSSR count). The summed E-state index contributed by atoms with van der Waals surface area (Å²) in [6, 6.07) is 1.48. The summed E-state index contributed by atoms with van der Waals surface area (Å²) in [6.45, 7) is 11.7. The highest BCUT2D eigenvalue weighted by Crippen LogP contribution is 2.15. The van der Waals surface area contributed by atoms with Crippen LogP contribution >= 0.6 is 11.8 Å². The molecule has 0 unspecified atom stereocenters. The van der Waals surface area contributed by atoms with E-state index in [2.05, 4.69) is 21.9 Å². The van der Waals surface area contributed by atoms with E-state index >= 15 is 0 Å². The van der Waals surface area contributed by atoms with Gasteiger partial charge >= 0.3 is 0 Å². The fourth-order valence-corrected chi connectivity index (χ4v) is 3.20. The van der Waals surface area contributed by atoms with Crippen molar-refractivity contribution in [1.82, 2.24) is 20.2 Å². The van der Waals surface area contributed by atoms with Crippen molar-refractivity contribution in [2.24, 2.45) is 0 Å². The summed E-state index contributed by atoms with van der Waals surface area (Å²) < 4.78 is 0. The van der Waals surface area contributed by atoms with Crippen LogP contribution in [0, 0.1) is 0 Å². The summed E-state index contributed by atoms with van der Waals surface area (Å²) in [4.78, 5) is 44.5. The van der Waals surface area contributed by atoms with Crippen LogP contribution in [0.2, 0.25) is 0 Å². The maximum atomic E-state index is 12.4. The van der Waals surface area contributed by atoms with Crippen LogP contribution in [0.25, 0.3) is 0 Å². The number of nitrogens with one attached hydrogen (secondary N) is 2. The monoisotopic (exact) mass is 366 g/mol. The number of hydrogen-bond donors (Lipinski definition) is 2. The largest absolute Gasteiger partial charge is 0.352 e. The van der Waals surface area contributed by atoms with Gasteiger partial charge < -0.3 is 15.2 Å². The number of aromatic nitrogens is 2. The Labute approximate surface area is 152 Å². The van der Waals surface area contributed by atoms with Crippen molar-refractivity contribution in [3.8, 4) is 0 Å². The summed E-state index contributed by atoms with van der Waals surface area (Å²) in [5.74, 6) is -0.0894. The molecule has 0 aliphatic carbocycles. The SMILES string of the molecule is C=CCNC(=O)Cc1cc(=O)[nH]c(SCC(=O)N(C(C)C)C(C)C)n1. The second kappa shape index (κ2) is 10.0. The number of hydrogen-bond acceptors (Lipinski definition) is 5. The first-order valence-electron chi connectivity index (χ1n) is 8.16. The van der Waals surface area contributed by atoms with E-state index in [9.17, 15) is 14.4 Å². The van der Waals surface area contributed by atoms with Gasteiger partial charge in [0, 0.05) is 24.7 Å². The molecule has 2 amide bonds. The standard InChI is InChI=1S/C17H26N4O3S/c1-6-7-18-14(22)8-13-9-15(23)20-17(19-13)25-10-16(24)21(11(2)3)12(4)5/h6,9,11-12H,1,7-8,10H2,2-5H3,(H,18,22)(H,19,20,23). The third-order valence-electron chi connectivity index (χ3n) is 3.29.